The molecule has 12 nitrogen and oxygen atoms in total. The van der Waals surface area contributed by atoms with E-state index in [1.165, 1.54) is 116 Å². The Labute approximate surface area is 425 Å². The van der Waals surface area contributed by atoms with Crippen LogP contribution in [0.3, 0.4) is 0 Å². The molecule has 0 heterocycles. The third kappa shape index (κ3) is 45.7. The molecule has 13 heteroatoms. The van der Waals surface area contributed by atoms with E-state index in [-0.39, 0.29) is 24.3 Å². The number of rotatable bonds is 49. The molecule has 0 atom stereocenters. The summed E-state index contributed by atoms with van der Waals surface area (Å²) in [5.74, 6) is -5.42. The summed E-state index contributed by atoms with van der Waals surface area (Å²) in [6.45, 7) is 9.34. The summed E-state index contributed by atoms with van der Waals surface area (Å²) < 4.78 is 33.1. The van der Waals surface area contributed by atoms with Crippen LogP contribution in [0.1, 0.15) is 259 Å². The molecule has 0 aliphatic heterocycles. The summed E-state index contributed by atoms with van der Waals surface area (Å²) in [7, 11) is 0. The van der Waals surface area contributed by atoms with Crippen LogP contribution in [-0.2, 0) is 52.2 Å². The smallest absolute Gasteiger partial charge is 0.0654 e. The molecule has 0 bridgehead atoms. The van der Waals surface area contributed by atoms with Gasteiger partial charge in [0.1, 0.15) is 0 Å². The average Bonchev–Trinajstić information content (AvgIpc) is 3.33. The van der Waals surface area contributed by atoms with Gasteiger partial charge >= 0.3 is 310 Å². The van der Waals surface area contributed by atoms with E-state index in [0.717, 1.165) is 120 Å². The first-order valence-electron chi connectivity index (χ1n) is 27.8. The summed E-state index contributed by atoms with van der Waals surface area (Å²) >= 11 is -5.61. The minimum absolute atomic E-state index is 0.0604. The Hall–Kier alpha value is -3.16. The van der Waals surface area contributed by atoms with E-state index in [4.69, 9.17) is 23.4 Å². The van der Waals surface area contributed by atoms with Gasteiger partial charge in [-0.15, -0.1) is 0 Å². The Morgan fingerprint density at radius 1 is 0.261 bits per heavy atom. The monoisotopic (exact) mass is 1080 g/mol. The Morgan fingerprint density at radius 3 is 0.681 bits per heavy atom. The fourth-order valence-electron chi connectivity index (χ4n) is 7.74. The van der Waals surface area contributed by atoms with Crippen molar-refractivity contribution in [1.29, 1.82) is 0 Å². The minimum atomic E-state index is -5.61. The van der Waals surface area contributed by atoms with Crippen LogP contribution in [0.15, 0.2) is 36.5 Å². The van der Waals surface area contributed by atoms with Crippen LogP contribution in [0.4, 0.5) is 0 Å². The molecule has 0 aliphatic rings. The zero-order chi connectivity index (χ0) is 50.7. The minimum Gasteiger partial charge on any atom is -0.0654 e. The molecule has 398 valence electrons. The van der Waals surface area contributed by atoms with Crippen molar-refractivity contribution in [2.75, 3.05) is 19.8 Å². The number of hydrogen-bond acceptors (Lipinski definition) is 12. The van der Waals surface area contributed by atoms with E-state index in [9.17, 15) is 28.8 Å². The molecule has 0 amide bonds. The molecule has 69 heavy (non-hydrogen) atoms. The number of ether oxygens (including phenoxy) is 3. The van der Waals surface area contributed by atoms with Gasteiger partial charge in [0, 0.05) is 0 Å². The molecule has 0 aromatic heterocycles. The zero-order valence-electron chi connectivity index (χ0n) is 44.1. The zero-order valence-corrected chi connectivity index (χ0v) is 47.0. The van der Waals surface area contributed by atoms with Crippen LogP contribution >= 0.6 is 0 Å². The van der Waals surface area contributed by atoms with Crippen molar-refractivity contribution in [2.24, 2.45) is 0 Å². The number of unbranched alkanes of at least 4 members (excludes halogenated alkanes) is 32. The van der Waals surface area contributed by atoms with Crippen LogP contribution in [0.2, 0.25) is 4.44 Å². The van der Waals surface area contributed by atoms with Gasteiger partial charge in [-0.1, -0.05) is 117 Å². The van der Waals surface area contributed by atoms with Crippen LogP contribution in [-0.4, -0.2) is 75.3 Å². The van der Waals surface area contributed by atoms with Gasteiger partial charge in [0.05, 0.1) is 0 Å². The van der Waals surface area contributed by atoms with Crippen molar-refractivity contribution in [2.45, 2.75) is 263 Å². The van der Waals surface area contributed by atoms with Crippen LogP contribution < -0.4 is 0 Å². The molecular formula is C56H98O12Sn. The van der Waals surface area contributed by atoms with E-state index in [0.29, 0.717) is 32.1 Å². The first-order chi connectivity index (χ1) is 33.6. The summed E-state index contributed by atoms with van der Waals surface area (Å²) in [6, 6.07) is 0. The van der Waals surface area contributed by atoms with Crippen molar-refractivity contribution in [3.63, 3.8) is 0 Å². The van der Waals surface area contributed by atoms with Gasteiger partial charge in [0.25, 0.3) is 0 Å². The molecule has 0 saturated heterocycles. The molecule has 0 aromatic rings. The second-order valence-electron chi connectivity index (χ2n) is 18.5. The Bertz CT molecular complexity index is 1240. The quantitative estimate of drug-likeness (QED) is 0.0187. The van der Waals surface area contributed by atoms with Crippen LogP contribution in [0.5, 0.6) is 0 Å². The maximum atomic E-state index is 13.3. The van der Waals surface area contributed by atoms with Gasteiger partial charge in [-0.25, -0.2) is 0 Å². The summed E-state index contributed by atoms with van der Waals surface area (Å²) in [6.07, 6.45) is 44.4. The molecule has 0 N–H and O–H groups in total. The van der Waals surface area contributed by atoms with E-state index in [1.807, 2.05) is 0 Å². The predicted molar refractivity (Wildman–Crippen MR) is 278 cm³/mol. The van der Waals surface area contributed by atoms with Crippen molar-refractivity contribution >= 4 is 55.4 Å². The Morgan fingerprint density at radius 2 is 0.449 bits per heavy atom. The van der Waals surface area contributed by atoms with Crippen molar-refractivity contribution in [1.82, 2.24) is 0 Å². The van der Waals surface area contributed by atoms with Crippen molar-refractivity contribution in [3.05, 3.63) is 36.5 Å². The first kappa shape index (κ1) is 65.8. The normalized spacial score (nSPS) is 12.3. The van der Waals surface area contributed by atoms with Gasteiger partial charge in [0.2, 0.25) is 0 Å². The van der Waals surface area contributed by atoms with Crippen LogP contribution in [0.25, 0.3) is 0 Å². The maximum absolute atomic E-state index is 13.3. The fraction of sp³-hybridized carbons (Fsp3) is 0.786. The first-order valence-corrected chi connectivity index (χ1v) is 33.4. The van der Waals surface area contributed by atoms with Gasteiger partial charge in [-0.2, -0.15) is 0 Å². The second-order valence-corrected chi connectivity index (χ2v) is 25.6. The van der Waals surface area contributed by atoms with Gasteiger partial charge < -0.3 is 0 Å². The molecular weight excluding hydrogens is 983 g/mol. The molecule has 0 fully saturated rings. The molecule has 0 saturated carbocycles. The number of carbonyl (C=O) groups is 6. The fourth-order valence-corrected chi connectivity index (χ4v) is 14.1. The Kier molecular flexibility index (Phi) is 47.5. The molecule has 0 spiro atoms. The van der Waals surface area contributed by atoms with E-state index in [2.05, 4.69) is 27.7 Å². The van der Waals surface area contributed by atoms with E-state index in [1.54, 1.807) is 0 Å². The van der Waals surface area contributed by atoms with E-state index < -0.39 is 55.4 Å². The van der Waals surface area contributed by atoms with Crippen molar-refractivity contribution < 1.29 is 52.2 Å². The third-order valence-corrected chi connectivity index (χ3v) is 19.0. The molecule has 0 unspecified atom stereocenters. The van der Waals surface area contributed by atoms with Gasteiger partial charge in [0.15, 0.2) is 0 Å². The van der Waals surface area contributed by atoms with Crippen molar-refractivity contribution in [3.8, 4) is 0 Å². The topological polar surface area (TPSA) is 158 Å². The number of carbonyl (C=O) groups excluding carboxylic acids is 6. The summed E-state index contributed by atoms with van der Waals surface area (Å²) in [4.78, 5) is 77.6. The number of hydrogen-bond donors (Lipinski definition) is 0. The SMILES string of the molecule is CCCCCCCCCCCCOC(=O)C=CC(=O)[O][Sn]([CH2]CCCCCCC)([O]C(=O)C=CC(=O)OCCCCCCCCCCCC)[O]C(=O)C=CC(=O)OCCCCCCCCCCCC. The molecule has 0 aliphatic carbocycles. The molecule has 0 radical (unpaired) electrons. The standard InChI is InChI=1S/3C16H28O4.C8H17.Sn/c3*1-2-3-4-5-6-7-8-9-10-11-14-20-16(19)13-12-15(17)18;1-3-5-7-8-6-4-2;/h3*12-13H,2-11,14H2,1H3,(H,17,18);1,3-8H2,2H3;/q;;;;+3/p-3. The average molecular weight is 1080 g/mol. The third-order valence-electron chi connectivity index (χ3n) is 11.9. The van der Waals surface area contributed by atoms with Gasteiger partial charge in [-0.05, 0) is 0 Å². The second kappa shape index (κ2) is 49.8. The molecule has 0 aromatic carbocycles. The molecule has 0 rings (SSSR count). The summed E-state index contributed by atoms with van der Waals surface area (Å²) in [5, 5.41) is 0. The summed E-state index contributed by atoms with van der Waals surface area (Å²) in [5.41, 5.74) is 0. The van der Waals surface area contributed by atoms with Gasteiger partial charge in [-0.3, -0.25) is 0 Å². The Balaban J connectivity index is 5.66. The predicted octanol–water partition coefficient (Wildman–Crippen LogP) is 15.0. The van der Waals surface area contributed by atoms with Crippen LogP contribution in [0, 0.1) is 0 Å². The van der Waals surface area contributed by atoms with E-state index >= 15 is 0 Å². The number of esters is 3.